The number of carbonyl (C=O) groups is 1. The molecule has 0 saturated carbocycles. The lowest BCUT2D eigenvalue weighted by atomic mass is 10.1. The monoisotopic (exact) mass is 322 g/mol. The molecule has 3 nitrogen and oxygen atoms in total. The lowest BCUT2D eigenvalue weighted by Crippen LogP contribution is -2.14. The molecule has 0 atom stereocenters. The first-order chi connectivity index (χ1) is 11.1. The summed E-state index contributed by atoms with van der Waals surface area (Å²) in [6, 6.07) is 15.9. The predicted molar refractivity (Wildman–Crippen MR) is 95.8 cm³/mol. The van der Waals surface area contributed by atoms with Crippen molar-refractivity contribution in [3.8, 4) is 10.6 Å². The van der Waals surface area contributed by atoms with E-state index in [1.165, 1.54) is 11.1 Å². The Labute approximate surface area is 140 Å². The highest BCUT2D eigenvalue weighted by atomic mass is 32.1. The Morgan fingerprint density at radius 3 is 2.61 bits per heavy atom. The lowest BCUT2D eigenvalue weighted by molar-refractivity contribution is -0.115. The number of benzene rings is 2. The van der Waals surface area contributed by atoms with E-state index in [9.17, 15) is 4.79 Å². The topological polar surface area (TPSA) is 42.0 Å². The van der Waals surface area contributed by atoms with Gasteiger partial charge in [0.05, 0.1) is 12.1 Å². The molecule has 1 N–H and O–H groups in total. The van der Waals surface area contributed by atoms with Gasteiger partial charge >= 0.3 is 0 Å². The van der Waals surface area contributed by atoms with E-state index in [-0.39, 0.29) is 12.3 Å². The molecule has 0 saturated heterocycles. The molecule has 0 spiro atoms. The zero-order valence-corrected chi connectivity index (χ0v) is 14.0. The molecule has 4 heteroatoms. The second kappa shape index (κ2) is 6.75. The summed E-state index contributed by atoms with van der Waals surface area (Å²) in [5.74, 6) is -0.0434. The fourth-order valence-corrected chi connectivity index (χ4v) is 3.12. The maximum Gasteiger partial charge on any atom is 0.230 e. The van der Waals surface area contributed by atoms with Gasteiger partial charge in [-0.1, -0.05) is 36.4 Å². The number of rotatable bonds is 4. The molecule has 116 valence electrons. The molecular weight excluding hydrogens is 304 g/mol. The molecule has 0 unspecified atom stereocenters. The summed E-state index contributed by atoms with van der Waals surface area (Å²) in [5, 5.41) is 5.82. The van der Waals surface area contributed by atoms with E-state index < -0.39 is 0 Å². The Morgan fingerprint density at radius 2 is 1.87 bits per heavy atom. The van der Waals surface area contributed by atoms with E-state index in [1.54, 1.807) is 11.3 Å². The van der Waals surface area contributed by atoms with E-state index in [0.717, 1.165) is 22.0 Å². The van der Waals surface area contributed by atoms with Crippen LogP contribution in [-0.2, 0) is 11.2 Å². The Bertz CT molecular complexity index is 824. The van der Waals surface area contributed by atoms with Crippen LogP contribution in [0.25, 0.3) is 10.6 Å². The minimum Gasteiger partial charge on any atom is -0.326 e. The van der Waals surface area contributed by atoms with Crippen LogP contribution in [0.1, 0.15) is 16.8 Å². The number of amides is 1. The van der Waals surface area contributed by atoms with Crippen LogP contribution in [0.3, 0.4) is 0 Å². The largest absolute Gasteiger partial charge is 0.326 e. The zero-order chi connectivity index (χ0) is 16.2. The number of aromatic nitrogens is 1. The SMILES string of the molecule is Cc1ccc(NC(=O)Cc2csc(-c3ccccc3)n2)cc1C. The normalized spacial score (nSPS) is 10.5. The quantitative estimate of drug-likeness (QED) is 0.762. The molecule has 1 aromatic heterocycles. The van der Waals surface area contributed by atoms with Crippen molar-refractivity contribution in [1.82, 2.24) is 4.98 Å². The summed E-state index contributed by atoms with van der Waals surface area (Å²) in [6.07, 6.45) is 0.288. The van der Waals surface area contributed by atoms with Gasteiger partial charge in [0, 0.05) is 16.6 Å². The summed E-state index contributed by atoms with van der Waals surface area (Å²) in [7, 11) is 0. The fourth-order valence-electron chi connectivity index (χ4n) is 2.29. The molecule has 0 radical (unpaired) electrons. The van der Waals surface area contributed by atoms with Gasteiger partial charge in [-0.25, -0.2) is 4.98 Å². The number of hydrogen-bond acceptors (Lipinski definition) is 3. The van der Waals surface area contributed by atoms with Crippen molar-refractivity contribution >= 4 is 22.9 Å². The number of aryl methyl sites for hydroxylation is 2. The van der Waals surface area contributed by atoms with Crippen molar-refractivity contribution in [1.29, 1.82) is 0 Å². The molecule has 0 aliphatic heterocycles. The first-order valence-corrected chi connectivity index (χ1v) is 8.37. The number of thiazole rings is 1. The molecule has 0 aliphatic rings. The second-order valence-electron chi connectivity index (χ2n) is 5.53. The average Bonchev–Trinajstić information content (AvgIpc) is 3.00. The van der Waals surface area contributed by atoms with Crippen molar-refractivity contribution in [3.63, 3.8) is 0 Å². The average molecular weight is 322 g/mol. The summed E-state index contributed by atoms with van der Waals surface area (Å²) in [4.78, 5) is 16.7. The second-order valence-corrected chi connectivity index (χ2v) is 6.39. The maximum absolute atomic E-state index is 12.2. The molecule has 1 amide bonds. The summed E-state index contributed by atoms with van der Waals surface area (Å²) in [5.41, 5.74) is 5.10. The Hall–Kier alpha value is -2.46. The first kappa shape index (κ1) is 15.4. The molecule has 2 aromatic carbocycles. The van der Waals surface area contributed by atoms with Crippen LogP contribution in [0.4, 0.5) is 5.69 Å². The van der Waals surface area contributed by atoms with E-state index in [0.29, 0.717) is 0 Å². The smallest absolute Gasteiger partial charge is 0.230 e. The third kappa shape index (κ3) is 3.85. The summed E-state index contributed by atoms with van der Waals surface area (Å²) < 4.78 is 0. The van der Waals surface area contributed by atoms with Crippen molar-refractivity contribution < 1.29 is 4.79 Å². The van der Waals surface area contributed by atoms with Crippen molar-refractivity contribution in [2.45, 2.75) is 20.3 Å². The molecule has 1 heterocycles. The van der Waals surface area contributed by atoms with Gasteiger partial charge in [-0.3, -0.25) is 4.79 Å². The Balaban J connectivity index is 1.66. The number of nitrogens with one attached hydrogen (secondary N) is 1. The number of nitrogens with zero attached hydrogens (tertiary/aromatic N) is 1. The van der Waals surface area contributed by atoms with Crippen LogP contribution in [0.2, 0.25) is 0 Å². The molecule has 3 rings (SSSR count). The Kier molecular flexibility index (Phi) is 4.53. The van der Waals surface area contributed by atoms with Crippen LogP contribution in [0, 0.1) is 13.8 Å². The number of anilines is 1. The van der Waals surface area contributed by atoms with E-state index in [4.69, 9.17) is 0 Å². The van der Waals surface area contributed by atoms with Gasteiger partial charge in [-0.15, -0.1) is 11.3 Å². The minimum absolute atomic E-state index is 0.0434. The molecule has 0 fully saturated rings. The van der Waals surface area contributed by atoms with Crippen LogP contribution in [-0.4, -0.2) is 10.9 Å². The van der Waals surface area contributed by atoms with Gasteiger partial charge in [-0.2, -0.15) is 0 Å². The third-order valence-electron chi connectivity index (χ3n) is 3.70. The van der Waals surface area contributed by atoms with Gasteiger partial charge in [-0.05, 0) is 37.1 Å². The van der Waals surface area contributed by atoms with Crippen LogP contribution in [0.15, 0.2) is 53.9 Å². The van der Waals surface area contributed by atoms with Gasteiger partial charge in [0.25, 0.3) is 0 Å². The highest BCUT2D eigenvalue weighted by Gasteiger charge is 2.09. The van der Waals surface area contributed by atoms with Crippen molar-refractivity contribution in [2.24, 2.45) is 0 Å². The van der Waals surface area contributed by atoms with Crippen molar-refractivity contribution in [2.75, 3.05) is 5.32 Å². The fraction of sp³-hybridized carbons (Fsp3) is 0.158. The Morgan fingerprint density at radius 1 is 1.09 bits per heavy atom. The molecule has 0 bridgehead atoms. The van der Waals surface area contributed by atoms with Crippen LogP contribution < -0.4 is 5.32 Å². The first-order valence-electron chi connectivity index (χ1n) is 7.49. The van der Waals surface area contributed by atoms with E-state index >= 15 is 0 Å². The summed E-state index contributed by atoms with van der Waals surface area (Å²) >= 11 is 1.56. The minimum atomic E-state index is -0.0434. The van der Waals surface area contributed by atoms with E-state index in [1.807, 2.05) is 60.8 Å². The third-order valence-corrected chi connectivity index (χ3v) is 4.65. The molecule has 0 aliphatic carbocycles. The van der Waals surface area contributed by atoms with Gasteiger partial charge < -0.3 is 5.32 Å². The molecular formula is C19H18N2OS. The predicted octanol–water partition coefficient (Wildman–Crippen LogP) is 4.61. The van der Waals surface area contributed by atoms with Crippen LogP contribution in [0.5, 0.6) is 0 Å². The highest BCUT2D eigenvalue weighted by Crippen LogP contribution is 2.23. The molecule has 3 aromatic rings. The zero-order valence-electron chi connectivity index (χ0n) is 13.2. The van der Waals surface area contributed by atoms with E-state index in [2.05, 4.69) is 17.2 Å². The lowest BCUT2D eigenvalue weighted by Gasteiger charge is -2.06. The summed E-state index contributed by atoms with van der Waals surface area (Å²) in [6.45, 7) is 4.10. The number of hydrogen-bond donors (Lipinski definition) is 1. The van der Waals surface area contributed by atoms with Crippen LogP contribution >= 0.6 is 11.3 Å². The standard InChI is InChI=1S/C19H18N2OS/c1-13-8-9-16(10-14(13)2)20-18(22)11-17-12-23-19(21-17)15-6-4-3-5-7-15/h3-10,12H,11H2,1-2H3,(H,20,22). The number of carbonyl (C=O) groups excluding carboxylic acids is 1. The van der Waals surface area contributed by atoms with Crippen molar-refractivity contribution in [3.05, 3.63) is 70.7 Å². The maximum atomic E-state index is 12.2. The van der Waals surface area contributed by atoms with Gasteiger partial charge in [0.2, 0.25) is 5.91 Å². The van der Waals surface area contributed by atoms with Gasteiger partial charge in [0.1, 0.15) is 5.01 Å². The highest BCUT2D eigenvalue weighted by molar-refractivity contribution is 7.13. The van der Waals surface area contributed by atoms with Gasteiger partial charge in [0.15, 0.2) is 0 Å². The molecule has 23 heavy (non-hydrogen) atoms.